The molecule has 4 nitrogen and oxygen atoms in total. The molecule has 0 N–H and O–H groups in total. The van der Waals surface area contributed by atoms with Crippen molar-refractivity contribution in [3.05, 3.63) is 46.5 Å². The van der Waals surface area contributed by atoms with E-state index in [2.05, 4.69) is 33.2 Å². The van der Waals surface area contributed by atoms with Crippen LogP contribution in [-0.2, 0) is 9.59 Å². The number of hydrogen-bond acceptors (Lipinski definition) is 3. The smallest absolute Gasteiger partial charge is 0.254 e. The summed E-state index contributed by atoms with van der Waals surface area (Å²) in [6.07, 6.45) is 7.12. The average molecular weight is 371 g/mol. The molecule has 0 unspecified atom stereocenters. The number of benzene rings is 1. The summed E-state index contributed by atoms with van der Waals surface area (Å²) in [6.45, 7) is 0. The minimum atomic E-state index is -0.177. The fourth-order valence-corrected chi connectivity index (χ4v) is 4.99. The summed E-state index contributed by atoms with van der Waals surface area (Å²) >= 11 is 3.38. The first-order chi connectivity index (χ1) is 11.1. The maximum atomic E-state index is 12.7. The van der Waals surface area contributed by atoms with Gasteiger partial charge in [0.15, 0.2) is 0 Å². The Hall–Kier alpha value is -1.75. The van der Waals surface area contributed by atoms with E-state index in [1.54, 1.807) is 6.21 Å². The average Bonchev–Trinajstić information content (AvgIpc) is 3.33. The molecule has 0 radical (unpaired) electrons. The maximum Gasteiger partial charge on any atom is 0.254 e. The van der Waals surface area contributed by atoms with Gasteiger partial charge in [0.25, 0.3) is 11.8 Å². The van der Waals surface area contributed by atoms with Crippen LogP contribution in [0.4, 0.5) is 0 Å². The lowest BCUT2D eigenvalue weighted by Gasteiger charge is -2.37. The Morgan fingerprint density at radius 1 is 1.00 bits per heavy atom. The Labute approximate surface area is 142 Å². The predicted molar refractivity (Wildman–Crippen MR) is 88.3 cm³/mol. The van der Waals surface area contributed by atoms with E-state index in [0.717, 1.165) is 15.0 Å². The molecule has 5 heteroatoms. The van der Waals surface area contributed by atoms with Gasteiger partial charge in [0.1, 0.15) is 0 Å². The van der Waals surface area contributed by atoms with E-state index >= 15 is 0 Å². The lowest BCUT2D eigenvalue weighted by molar-refractivity contribution is -0.140. The summed E-state index contributed by atoms with van der Waals surface area (Å²) in [4.78, 5) is 25.5. The molecular weight excluding hydrogens is 356 g/mol. The van der Waals surface area contributed by atoms with Crippen molar-refractivity contribution in [1.82, 2.24) is 5.01 Å². The summed E-state index contributed by atoms with van der Waals surface area (Å²) < 4.78 is 0.982. The second-order valence-corrected chi connectivity index (χ2v) is 7.85. The van der Waals surface area contributed by atoms with Crippen LogP contribution < -0.4 is 0 Å². The molecule has 0 spiro atoms. The quantitative estimate of drug-likeness (QED) is 0.456. The van der Waals surface area contributed by atoms with Gasteiger partial charge in [-0.05, 0) is 47.8 Å². The molecule has 2 bridgehead atoms. The lowest BCUT2D eigenvalue weighted by atomic mass is 9.63. The van der Waals surface area contributed by atoms with E-state index in [1.807, 2.05) is 24.3 Å². The van der Waals surface area contributed by atoms with Gasteiger partial charge in [-0.25, -0.2) is 0 Å². The number of carbonyl (C=O) groups excluding carboxylic acids is 2. The van der Waals surface area contributed by atoms with Gasteiger partial charge in [-0.15, -0.1) is 0 Å². The number of halogens is 1. The highest BCUT2D eigenvalue weighted by Crippen LogP contribution is 2.65. The van der Waals surface area contributed by atoms with Gasteiger partial charge >= 0.3 is 0 Å². The molecule has 2 amide bonds. The third kappa shape index (κ3) is 1.86. The van der Waals surface area contributed by atoms with E-state index < -0.39 is 0 Å². The highest BCUT2D eigenvalue weighted by Gasteiger charge is 2.67. The largest absolute Gasteiger partial charge is 0.272 e. The topological polar surface area (TPSA) is 49.7 Å². The van der Waals surface area contributed by atoms with E-state index in [4.69, 9.17) is 0 Å². The van der Waals surface area contributed by atoms with E-state index in [9.17, 15) is 9.59 Å². The summed E-state index contributed by atoms with van der Waals surface area (Å²) in [7, 11) is 0. The molecule has 0 aromatic heterocycles. The molecule has 116 valence electrons. The zero-order valence-corrected chi connectivity index (χ0v) is 13.9. The first-order valence-electron chi connectivity index (χ1n) is 8.01. The number of hydrazone groups is 1. The van der Waals surface area contributed by atoms with Gasteiger partial charge in [0, 0.05) is 4.47 Å². The summed E-state index contributed by atoms with van der Waals surface area (Å²) in [5.41, 5.74) is 0.868. The van der Waals surface area contributed by atoms with Crippen LogP contribution in [0.3, 0.4) is 0 Å². The fraction of sp³-hybridized carbons (Fsp3) is 0.389. The van der Waals surface area contributed by atoms with Crippen molar-refractivity contribution < 1.29 is 9.59 Å². The highest BCUT2D eigenvalue weighted by atomic mass is 79.9. The van der Waals surface area contributed by atoms with Gasteiger partial charge in [0.2, 0.25) is 0 Å². The number of carbonyl (C=O) groups is 2. The molecule has 3 fully saturated rings. The molecule has 6 atom stereocenters. The summed E-state index contributed by atoms with van der Waals surface area (Å²) in [5, 5.41) is 5.33. The number of hydrogen-bond donors (Lipinski definition) is 0. The molecule has 2 saturated carbocycles. The fourth-order valence-electron chi connectivity index (χ4n) is 4.73. The van der Waals surface area contributed by atoms with Gasteiger partial charge in [-0.2, -0.15) is 10.1 Å². The van der Waals surface area contributed by atoms with Crippen LogP contribution in [0.25, 0.3) is 0 Å². The highest BCUT2D eigenvalue weighted by molar-refractivity contribution is 9.10. The molecule has 1 aromatic rings. The molecule has 1 aliphatic heterocycles. The van der Waals surface area contributed by atoms with Crippen molar-refractivity contribution in [2.75, 3.05) is 0 Å². The molecule has 5 aliphatic rings. The van der Waals surface area contributed by atoms with Gasteiger partial charge in [-0.1, -0.05) is 40.2 Å². The van der Waals surface area contributed by atoms with Gasteiger partial charge < -0.3 is 0 Å². The molecule has 1 aromatic carbocycles. The van der Waals surface area contributed by atoms with Crippen LogP contribution in [0.1, 0.15) is 12.0 Å². The molecule has 1 heterocycles. The standard InChI is InChI=1S/C18H15BrN2O2/c19-10-3-1-9(2-4-10)8-20-21-17(22)15-11-5-6-12(14-7-13(11)14)16(15)18(21)23/h1-6,8,11-16H,7H2/b20-8-/t11-,12-,13-,14-,15+,16+/m1/s1. The van der Waals surface area contributed by atoms with Crippen LogP contribution in [0.15, 0.2) is 46.0 Å². The SMILES string of the molecule is O=C1[C@H]2[C@@H]3C=C[C@H]([C@H]4C[C@H]34)[C@@H]2C(=O)N1/N=C\c1ccc(Br)cc1. The van der Waals surface area contributed by atoms with Gasteiger partial charge in [-0.3, -0.25) is 9.59 Å². The molecule has 1 saturated heterocycles. The number of amides is 2. The van der Waals surface area contributed by atoms with Gasteiger partial charge in [0.05, 0.1) is 18.1 Å². The van der Waals surface area contributed by atoms with Crippen LogP contribution >= 0.6 is 15.9 Å². The first-order valence-corrected chi connectivity index (χ1v) is 8.80. The maximum absolute atomic E-state index is 12.7. The molecular formula is C18H15BrN2O2. The molecule has 4 aliphatic carbocycles. The van der Waals surface area contributed by atoms with E-state index in [1.165, 1.54) is 6.42 Å². The van der Waals surface area contributed by atoms with E-state index in [0.29, 0.717) is 11.8 Å². The van der Waals surface area contributed by atoms with Crippen molar-refractivity contribution in [1.29, 1.82) is 0 Å². The zero-order chi connectivity index (χ0) is 15.7. The second-order valence-electron chi connectivity index (χ2n) is 6.94. The molecule has 23 heavy (non-hydrogen) atoms. The predicted octanol–water partition coefficient (Wildman–Crippen LogP) is 2.84. The Morgan fingerprint density at radius 2 is 1.57 bits per heavy atom. The number of allylic oxidation sites excluding steroid dienone is 2. The van der Waals surface area contributed by atoms with Crippen molar-refractivity contribution in [3.8, 4) is 0 Å². The third-order valence-electron chi connectivity index (χ3n) is 5.83. The summed E-state index contributed by atoms with van der Waals surface area (Å²) in [6, 6.07) is 7.61. The summed E-state index contributed by atoms with van der Waals surface area (Å²) in [5.74, 6) is 1.17. The minimum Gasteiger partial charge on any atom is -0.272 e. The second kappa shape index (κ2) is 4.63. The zero-order valence-electron chi connectivity index (χ0n) is 12.3. The number of imide groups is 1. The Bertz CT molecular complexity index is 734. The monoisotopic (exact) mass is 370 g/mol. The first kappa shape index (κ1) is 13.7. The van der Waals surface area contributed by atoms with Crippen molar-refractivity contribution in [2.24, 2.45) is 40.6 Å². The lowest BCUT2D eigenvalue weighted by Crippen LogP contribution is -2.40. The Balaban J connectivity index is 1.44. The van der Waals surface area contributed by atoms with Crippen molar-refractivity contribution >= 4 is 34.0 Å². The van der Waals surface area contributed by atoms with Crippen LogP contribution in [0, 0.1) is 35.5 Å². The number of nitrogens with zero attached hydrogens (tertiary/aromatic N) is 2. The Morgan fingerprint density at radius 3 is 2.13 bits per heavy atom. The van der Waals surface area contributed by atoms with Crippen LogP contribution in [-0.4, -0.2) is 23.0 Å². The van der Waals surface area contributed by atoms with Crippen LogP contribution in [0.2, 0.25) is 0 Å². The van der Waals surface area contributed by atoms with Crippen molar-refractivity contribution in [3.63, 3.8) is 0 Å². The minimum absolute atomic E-state index is 0.113. The molecule has 6 rings (SSSR count). The van der Waals surface area contributed by atoms with E-state index in [-0.39, 0.29) is 35.5 Å². The third-order valence-corrected chi connectivity index (χ3v) is 6.36. The normalized spacial score (nSPS) is 40.0. The van der Waals surface area contributed by atoms with Crippen LogP contribution in [0.5, 0.6) is 0 Å². The number of rotatable bonds is 2. The van der Waals surface area contributed by atoms with Crippen molar-refractivity contribution in [2.45, 2.75) is 6.42 Å². The Kier molecular flexibility index (Phi) is 2.75.